The summed E-state index contributed by atoms with van der Waals surface area (Å²) in [6.07, 6.45) is -0.530. The largest absolute Gasteiger partial charge is 0.444 e. The zero-order valence-corrected chi connectivity index (χ0v) is 11.8. The van der Waals surface area contributed by atoms with Crippen molar-refractivity contribution in [1.82, 2.24) is 0 Å². The van der Waals surface area contributed by atoms with Crippen LogP contribution in [0.3, 0.4) is 0 Å². The van der Waals surface area contributed by atoms with Crippen LogP contribution < -0.4 is 11.1 Å². The van der Waals surface area contributed by atoms with Crippen LogP contribution >= 0.6 is 11.6 Å². The predicted molar refractivity (Wildman–Crippen MR) is 73.9 cm³/mol. The van der Waals surface area contributed by atoms with Crippen molar-refractivity contribution >= 4 is 23.4 Å². The Bertz CT molecular complexity index is 439. The molecule has 1 aromatic carbocycles. The monoisotopic (exact) mass is 270 g/mol. The second-order valence-corrected chi connectivity index (χ2v) is 5.56. The number of nitrogens with two attached hydrogens (primary N) is 1. The van der Waals surface area contributed by atoms with Crippen molar-refractivity contribution in [3.8, 4) is 0 Å². The molecule has 4 nitrogen and oxygen atoms in total. The first kappa shape index (κ1) is 14.8. The molecule has 0 aliphatic heterocycles. The Morgan fingerprint density at radius 3 is 2.50 bits per heavy atom. The van der Waals surface area contributed by atoms with E-state index in [1.165, 1.54) is 0 Å². The van der Waals surface area contributed by atoms with Gasteiger partial charge in [0.25, 0.3) is 0 Å². The summed E-state index contributed by atoms with van der Waals surface area (Å²) in [7, 11) is 0. The van der Waals surface area contributed by atoms with E-state index in [-0.39, 0.29) is 6.04 Å². The van der Waals surface area contributed by atoms with Crippen LogP contribution in [-0.4, -0.2) is 11.7 Å². The number of ether oxygens (including phenoxy) is 1. The fraction of sp³-hybridized carbons (Fsp3) is 0.462. The van der Waals surface area contributed by atoms with Gasteiger partial charge < -0.3 is 10.5 Å². The van der Waals surface area contributed by atoms with Gasteiger partial charge in [-0.15, -0.1) is 0 Å². The molecule has 0 aliphatic rings. The molecular weight excluding hydrogens is 252 g/mol. The van der Waals surface area contributed by atoms with Crippen molar-refractivity contribution in [2.24, 2.45) is 5.73 Å². The highest BCUT2D eigenvalue weighted by Gasteiger charge is 2.17. The molecule has 18 heavy (non-hydrogen) atoms. The molecule has 0 radical (unpaired) electrons. The molecule has 1 aromatic rings. The maximum Gasteiger partial charge on any atom is 0.412 e. The van der Waals surface area contributed by atoms with E-state index in [1.807, 2.05) is 13.0 Å². The lowest BCUT2D eigenvalue weighted by atomic mass is 10.1. The Kier molecular flexibility index (Phi) is 4.59. The Hall–Kier alpha value is -1.26. The summed E-state index contributed by atoms with van der Waals surface area (Å²) in [5.74, 6) is 0. The highest BCUT2D eigenvalue weighted by molar-refractivity contribution is 6.33. The third-order valence-corrected chi connectivity index (χ3v) is 2.47. The third kappa shape index (κ3) is 4.55. The van der Waals surface area contributed by atoms with Gasteiger partial charge in [0.15, 0.2) is 0 Å². The van der Waals surface area contributed by atoms with Gasteiger partial charge in [0, 0.05) is 6.04 Å². The lowest BCUT2D eigenvalue weighted by Gasteiger charge is -2.20. The predicted octanol–water partition coefficient (Wildman–Crippen LogP) is 3.71. The van der Waals surface area contributed by atoms with Crippen molar-refractivity contribution in [3.05, 3.63) is 28.8 Å². The topological polar surface area (TPSA) is 64.3 Å². The number of benzene rings is 1. The lowest BCUT2D eigenvalue weighted by molar-refractivity contribution is 0.0636. The second kappa shape index (κ2) is 5.59. The highest BCUT2D eigenvalue weighted by atomic mass is 35.5. The van der Waals surface area contributed by atoms with Gasteiger partial charge in [-0.2, -0.15) is 0 Å². The van der Waals surface area contributed by atoms with E-state index < -0.39 is 11.7 Å². The summed E-state index contributed by atoms with van der Waals surface area (Å²) < 4.78 is 5.14. The molecule has 0 spiro atoms. The minimum atomic E-state index is -0.539. The van der Waals surface area contributed by atoms with Gasteiger partial charge in [-0.25, -0.2) is 4.79 Å². The van der Waals surface area contributed by atoms with Crippen LogP contribution in [-0.2, 0) is 4.74 Å². The first-order chi connectivity index (χ1) is 8.19. The average molecular weight is 271 g/mol. The Balaban J connectivity index is 2.77. The molecule has 0 heterocycles. The number of amides is 1. The van der Waals surface area contributed by atoms with E-state index in [0.717, 1.165) is 5.56 Å². The molecular formula is C13H19ClN2O2. The molecule has 0 saturated carbocycles. The van der Waals surface area contributed by atoms with Gasteiger partial charge >= 0.3 is 6.09 Å². The van der Waals surface area contributed by atoms with Crippen LogP contribution in [0.1, 0.15) is 39.3 Å². The van der Waals surface area contributed by atoms with Crippen molar-refractivity contribution in [3.63, 3.8) is 0 Å². The molecule has 1 amide bonds. The van der Waals surface area contributed by atoms with E-state index in [9.17, 15) is 4.79 Å². The maximum absolute atomic E-state index is 11.6. The molecule has 0 unspecified atom stereocenters. The molecule has 0 saturated heterocycles. The SMILES string of the molecule is C[C@H](N)c1ccc(NC(=O)OC(C)(C)C)c(Cl)c1. The molecule has 0 aromatic heterocycles. The number of carbonyl (C=O) groups is 1. The average Bonchev–Trinajstić information content (AvgIpc) is 2.17. The van der Waals surface area contributed by atoms with Gasteiger partial charge in [0.2, 0.25) is 0 Å². The first-order valence-corrected chi connectivity index (χ1v) is 6.12. The summed E-state index contributed by atoms with van der Waals surface area (Å²) in [6.45, 7) is 7.26. The molecule has 100 valence electrons. The fourth-order valence-corrected chi connectivity index (χ4v) is 1.57. The van der Waals surface area contributed by atoms with Crippen molar-refractivity contribution in [2.45, 2.75) is 39.3 Å². The van der Waals surface area contributed by atoms with Crippen LogP contribution in [0.25, 0.3) is 0 Å². The summed E-state index contributed by atoms with van der Waals surface area (Å²) in [4.78, 5) is 11.6. The summed E-state index contributed by atoms with van der Waals surface area (Å²) >= 11 is 6.06. The minimum absolute atomic E-state index is 0.0990. The normalized spacial score (nSPS) is 13.0. The summed E-state index contributed by atoms with van der Waals surface area (Å²) in [5, 5.41) is 3.04. The van der Waals surface area contributed by atoms with Crippen molar-refractivity contribution < 1.29 is 9.53 Å². The molecule has 1 rings (SSSR count). The van der Waals surface area contributed by atoms with E-state index in [1.54, 1.807) is 32.9 Å². The lowest BCUT2D eigenvalue weighted by Crippen LogP contribution is -2.27. The number of nitrogens with one attached hydrogen (secondary N) is 1. The van der Waals surface area contributed by atoms with E-state index in [0.29, 0.717) is 10.7 Å². The molecule has 5 heteroatoms. The van der Waals surface area contributed by atoms with Crippen molar-refractivity contribution in [2.75, 3.05) is 5.32 Å². The Labute approximate surface area is 112 Å². The van der Waals surface area contributed by atoms with E-state index >= 15 is 0 Å². The number of hydrogen-bond acceptors (Lipinski definition) is 3. The van der Waals surface area contributed by atoms with Crippen LogP contribution in [0.4, 0.5) is 10.5 Å². The quantitative estimate of drug-likeness (QED) is 0.861. The van der Waals surface area contributed by atoms with Gasteiger partial charge in [-0.1, -0.05) is 17.7 Å². The standard InChI is InChI=1S/C13H19ClN2O2/c1-8(15)9-5-6-11(10(14)7-9)16-12(17)18-13(2,3)4/h5-8H,15H2,1-4H3,(H,16,17)/t8-/m0/s1. The molecule has 0 aliphatic carbocycles. The van der Waals surface area contributed by atoms with Gasteiger partial charge in [-0.05, 0) is 45.4 Å². The Morgan fingerprint density at radius 1 is 1.44 bits per heavy atom. The highest BCUT2D eigenvalue weighted by Crippen LogP contribution is 2.25. The van der Waals surface area contributed by atoms with Crippen LogP contribution in [0, 0.1) is 0 Å². The fourth-order valence-electron chi connectivity index (χ4n) is 1.33. The number of anilines is 1. The molecule has 1 atom stereocenters. The summed E-state index contributed by atoms with van der Waals surface area (Å²) in [6, 6.07) is 5.17. The van der Waals surface area contributed by atoms with Crippen LogP contribution in [0.5, 0.6) is 0 Å². The van der Waals surface area contributed by atoms with Crippen LogP contribution in [0.2, 0.25) is 5.02 Å². The number of halogens is 1. The van der Waals surface area contributed by atoms with Gasteiger partial charge in [0.05, 0.1) is 10.7 Å². The molecule has 0 fully saturated rings. The second-order valence-electron chi connectivity index (χ2n) is 5.15. The van der Waals surface area contributed by atoms with Gasteiger partial charge in [-0.3, -0.25) is 5.32 Å². The van der Waals surface area contributed by atoms with Crippen molar-refractivity contribution in [1.29, 1.82) is 0 Å². The smallest absolute Gasteiger partial charge is 0.412 e. The zero-order valence-electron chi connectivity index (χ0n) is 11.1. The van der Waals surface area contributed by atoms with Gasteiger partial charge in [0.1, 0.15) is 5.60 Å². The molecule has 3 N–H and O–H groups in total. The first-order valence-electron chi connectivity index (χ1n) is 5.74. The number of hydrogen-bond donors (Lipinski definition) is 2. The molecule has 0 bridgehead atoms. The van der Waals surface area contributed by atoms with E-state index in [2.05, 4.69) is 5.32 Å². The maximum atomic E-state index is 11.6. The minimum Gasteiger partial charge on any atom is -0.444 e. The Morgan fingerprint density at radius 2 is 2.06 bits per heavy atom. The van der Waals surface area contributed by atoms with Crippen LogP contribution in [0.15, 0.2) is 18.2 Å². The third-order valence-electron chi connectivity index (χ3n) is 2.15. The zero-order chi connectivity index (χ0) is 13.9. The number of carbonyl (C=O) groups excluding carboxylic acids is 1. The summed E-state index contributed by atoms with van der Waals surface area (Å²) in [5.41, 5.74) is 6.63. The van der Waals surface area contributed by atoms with E-state index in [4.69, 9.17) is 22.1 Å². The number of rotatable bonds is 2.